The fourth-order valence-corrected chi connectivity index (χ4v) is 9.18. The molecule has 0 aliphatic heterocycles. The van der Waals surface area contributed by atoms with Gasteiger partial charge in [-0.3, -0.25) is 0 Å². The molecule has 0 amide bonds. The van der Waals surface area contributed by atoms with E-state index in [0.29, 0.717) is 0 Å². The Hall–Kier alpha value is -8.98. The molecule has 0 radical (unpaired) electrons. The lowest BCUT2D eigenvalue weighted by molar-refractivity contribution is 1.28. The first kappa shape index (κ1) is 41.7. The summed E-state index contributed by atoms with van der Waals surface area (Å²) in [5, 5.41) is 0. The van der Waals surface area contributed by atoms with E-state index in [2.05, 4.69) is 301 Å². The molecule has 0 aliphatic carbocycles. The Morgan fingerprint density at radius 3 is 0.691 bits per heavy atom. The predicted molar refractivity (Wildman–Crippen MR) is 288 cm³/mol. The highest BCUT2D eigenvalue weighted by Crippen LogP contribution is 2.40. The monoisotopic (exact) mass is 868 g/mol. The molecule has 2 heteroatoms. The van der Waals surface area contributed by atoms with Gasteiger partial charge in [-0.05, 0) is 158 Å². The molecule has 0 bridgehead atoms. The highest BCUT2D eigenvalue weighted by atomic mass is 15.1. The lowest BCUT2D eigenvalue weighted by atomic mass is 9.94. The number of nitrogens with zero attached hydrogens (tertiary/aromatic N) is 2. The molecule has 0 saturated carbocycles. The minimum absolute atomic E-state index is 1.10. The Balaban J connectivity index is 0.852. The number of hydrogen-bond donors (Lipinski definition) is 0. The first-order valence-corrected chi connectivity index (χ1v) is 23.2. The smallest absolute Gasteiger partial charge is 0.0467 e. The molecule has 0 heterocycles. The van der Waals surface area contributed by atoms with Crippen LogP contribution in [0.1, 0.15) is 0 Å². The molecule has 2 nitrogen and oxygen atoms in total. The summed E-state index contributed by atoms with van der Waals surface area (Å²) in [6.45, 7) is 0. The van der Waals surface area contributed by atoms with E-state index in [1.165, 1.54) is 61.2 Å². The Morgan fingerprint density at radius 1 is 0.132 bits per heavy atom. The van der Waals surface area contributed by atoms with Crippen LogP contribution < -0.4 is 9.80 Å². The molecule has 0 saturated heterocycles. The van der Waals surface area contributed by atoms with Crippen molar-refractivity contribution < 1.29 is 0 Å². The second-order valence-electron chi connectivity index (χ2n) is 17.0. The highest BCUT2D eigenvalue weighted by molar-refractivity contribution is 5.84. The summed E-state index contributed by atoms with van der Waals surface area (Å²) in [7, 11) is 0. The van der Waals surface area contributed by atoms with Gasteiger partial charge in [-0.1, -0.05) is 200 Å². The van der Waals surface area contributed by atoms with Gasteiger partial charge in [-0.15, -0.1) is 0 Å². The number of anilines is 6. The van der Waals surface area contributed by atoms with Gasteiger partial charge in [0.05, 0.1) is 0 Å². The average molecular weight is 869 g/mol. The van der Waals surface area contributed by atoms with Crippen LogP contribution >= 0.6 is 0 Å². The molecule has 0 atom stereocenters. The summed E-state index contributed by atoms with van der Waals surface area (Å²) in [6.07, 6.45) is 0. The maximum absolute atomic E-state index is 2.33. The zero-order valence-electron chi connectivity index (χ0n) is 37.6. The Labute approximate surface area is 400 Å². The van der Waals surface area contributed by atoms with Crippen LogP contribution in [0.2, 0.25) is 0 Å². The van der Waals surface area contributed by atoms with E-state index >= 15 is 0 Å². The van der Waals surface area contributed by atoms with Gasteiger partial charge in [0.2, 0.25) is 0 Å². The third-order valence-electron chi connectivity index (χ3n) is 12.6. The first-order valence-electron chi connectivity index (χ1n) is 23.2. The first-order chi connectivity index (χ1) is 33.7. The predicted octanol–water partition coefficient (Wildman–Crippen LogP) is 18.6. The van der Waals surface area contributed by atoms with Gasteiger partial charge in [0.25, 0.3) is 0 Å². The molecule has 11 rings (SSSR count). The topological polar surface area (TPSA) is 6.48 Å². The normalized spacial score (nSPS) is 10.9. The molecule has 0 unspecified atom stereocenters. The summed E-state index contributed by atoms with van der Waals surface area (Å²) in [5.41, 5.74) is 20.9. The van der Waals surface area contributed by atoms with Gasteiger partial charge >= 0.3 is 0 Å². The van der Waals surface area contributed by atoms with Crippen molar-refractivity contribution in [3.63, 3.8) is 0 Å². The van der Waals surface area contributed by atoms with Crippen LogP contribution in [-0.2, 0) is 0 Å². The summed E-state index contributed by atoms with van der Waals surface area (Å²) < 4.78 is 0. The van der Waals surface area contributed by atoms with Crippen LogP contribution in [0, 0.1) is 0 Å². The van der Waals surface area contributed by atoms with Crippen LogP contribution in [0.3, 0.4) is 0 Å². The Bertz CT molecular complexity index is 3400. The van der Waals surface area contributed by atoms with Crippen molar-refractivity contribution in [2.45, 2.75) is 0 Å². The summed E-state index contributed by atoms with van der Waals surface area (Å²) >= 11 is 0. The van der Waals surface area contributed by atoms with Crippen LogP contribution in [0.25, 0.3) is 66.8 Å². The molecule has 11 aromatic carbocycles. The van der Waals surface area contributed by atoms with Gasteiger partial charge in [-0.2, -0.15) is 0 Å². The third-order valence-corrected chi connectivity index (χ3v) is 12.6. The fourth-order valence-electron chi connectivity index (χ4n) is 9.18. The minimum Gasteiger partial charge on any atom is -0.311 e. The van der Waals surface area contributed by atoms with Crippen molar-refractivity contribution in [1.29, 1.82) is 0 Å². The zero-order valence-corrected chi connectivity index (χ0v) is 37.6. The zero-order chi connectivity index (χ0) is 45.5. The van der Waals surface area contributed by atoms with E-state index in [-0.39, 0.29) is 0 Å². The van der Waals surface area contributed by atoms with E-state index in [9.17, 15) is 0 Å². The van der Waals surface area contributed by atoms with Crippen molar-refractivity contribution in [3.05, 3.63) is 291 Å². The molecule has 0 N–H and O–H groups in total. The average Bonchev–Trinajstić information content (AvgIpc) is 3.43. The Morgan fingerprint density at radius 2 is 0.338 bits per heavy atom. The number of para-hydroxylation sites is 2. The quantitative estimate of drug-likeness (QED) is 0.121. The number of rotatable bonds is 12. The van der Waals surface area contributed by atoms with Gasteiger partial charge in [-0.25, -0.2) is 0 Å². The van der Waals surface area contributed by atoms with Gasteiger partial charge in [0.15, 0.2) is 0 Å². The third kappa shape index (κ3) is 9.00. The lowest BCUT2D eigenvalue weighted by Crippen LogP contribution is -2.09. The SMILES string of the molecule is c1ccc(-c2ccc(N(c3ccccc3)c3ccc(-c4cccc(-c5cccc(-c6cccc(-c7cccc(N(c8ccccc8)c8ccc(-c9ccccc9)cc8)c7)c6)c5)c4)cc3)cc2)cc1. The molecular weight excluding hydrogens is 821 g/mol. The second kappa shape index (κ2) is 19.2. The molecule has 0 aromatic heterocycles. The van der Waals surface area contributed by atoms with Crippen LogP contribution in [-0.4, -0.2) is 0 Å². The standard InChI is InChI=1S/C66H48N2/c1-5-17-49(18-6-1)51-33-39-63(40-34-51)67(61-28-9-3-10-29-61)64-43-37-53(38-44-64)54-21-13-22-55(45-54)56-23-14-24-57(46-56)58-25-15-26-59(47-58)60-27-16-32-66(48-60)68(62-30-11-4-12-31-62)65-41-35-52(36-42-65)50-19-7-2-8-20-50/h1-48H. The number of hydrogen-bond acceptors (Lipinski definition) is 2. The van der Waals surface area contributed by atoms with Crippen LogP contribution in [0.4, 0.5) is 34.1 Å². The minimum atomic E-state index is 1.10. The second-order valence-corrected chi connectivity index (χ2v) is 17.0. The van der Waals surface area contributed by atoms with Crippen LogP contribution in [0.15, 0.2) is 291 Å². The lowest BCUT2D eigenvalue weighted by Gasteiger charge is -2.26. The molecule has 0 fully saturated rings. The van der Waals surface area contributed by atoms with E-state index < -0.39 is 0 Å². The van der Waals surface area contributed by atoms with E-state index in [1.807, 2.05) is 0 Å². The van der Waals surface area contributed by atoms with Crippen molar-refractivity contribution in [3.8, 4) is 66.8 Å². The molecule has 322 valence electrons. The van der Waals surface area contributed by atoms with Gasteiger partial charge in [0.1, 0.15) is 0 Å². The molecule has 11 aromatic rings. The number of benzene rings is 11. The summed E-state index contributed by atoms with van der Waals surface area (Å²) in [5.74, 6) is 0. The largest absolute Gasteiger partial charge is 0.311 e. The van der Waals surface area contributed by atoms with Crippen molar-refractivity contribution in [1.82, 2.24) is 0 Å². The van der Waals surface area contributed by atoms with Gasteiger partial charge < -0.3 is 9.80 Å². The van der Waals surface area contributed by atoms with Crippen molar-refractivity contribution in [2.24, 2.45) is 0 Å². The summed E-state index contributed by atoms with van der Waals surface area (Å²) in [4.78, 5) is 4.65. The maximum atomic E-state index is 2.33. The maximum Gasteiger partial charge on any atom is 0.0467 e. The van der Waals surface area contributed by atoms with E-state index in [1.54, 1.807) is 0 Å². The van der Waals surface area contributed by atoms with Gasteiger partial charge in [0, 0.05) is 34.1 Å². The molecule has 68 heavy (non-hydrogen) atoms. The fraction of sp³-hybridized carbons (Fsp3) is 0. The Kier molecular flexibility index (Phi) is 11.8. The van der Waals surface area contributed by atoms with E-state index in [4.69, 9.17) is 0 Å². The molecular formula is C66H48N2. The summed E-state index contributed by atoms with van der Waals surface area (Å²) in [6, 6.07) is 104. The van der Waals surface area contributed by atoms with E-state index in [0.717, 1.165) is 39.7 Å². The highest BCUT2D eigenvalue weighted by Gasteiger charge is 2.16. The molecule has 0 spiro atoms. The van der Waals surface area contributed by atoms with Crippen molar-refractivity contribution in [2.75, 3.05) is 9.80 Å². The molecule has 0 aliphatic rings. The van der Waals surface area contributed by atoms with Crippen LogP contribution in [0.5, 0.6) is 0 Å². The van der Waals surface area contributed by atoms with Crippen molar-refractivity contribution >= 4 is 34.1 Å².